The van der Waals surface area contributed by atoms with E-state index in [1.807, 2.05) is 26.8 Å². The summed E-state index contributed by atoms with van der Waals surface area (Å²) >= 11 is 0. The molecular weight excluding hydrogens is 316 g/mol. The van der Waals surface area contributed by atoms with E-state index in [2.05, 4.69) is 5.32 Å². The number of anilines is 1. The number of carbonyl (C=O) groups is 2. The van der Waals surface area contributed by atoms with Crippen LogP contribution in [0.15, 0.2) is 48.5 Å². The Labute approximate surface area is 147 Å². The van der Waals surface area contributed by atoms with Gasteiger partial charge in [-0.05, 0) is 48.5 Å². The number of nitrogens with one attached hydrogen (secondary N) is 1. The average molecular weight is 336 g/mol. The Bertz CT molecular complexity index is 795. The van der Waals surface area contributed by atoms with Crippen LogP contribution in [-0.2, 0) is 4.79 Å². The zero-order valence-corrected chi connectivity index (χ0v) is 14.5. The van der Waals surface area contributed by atoms with Crippen LogP contribution in [0.1, 0.15) is 36.7 Å². The van der Waals surface area contributed by atoms with Crippen LogP contribution >= 0.6 is 0 Å². The van der Waals surface area contributed by atoms with Gasteiger partial charge in [0.2, 0.25) is 5.91 Å². The third-order valence-corrected chi connectivity index (χ3v) is 3.50. The molecular formula is C20H20N2O3. The van der Waals surface area contributed by atoms with Gasteiger partial charge in [-0.1, -0.05) is 20.8 Å². The quantitative estimate of drug-likeness (QED) is 0.842. The van der Waals surface area contributed by atoms with E-state index in [9.17, 15) is 9.59 Å². The number of ketones is 1. The van der Waals surface area contributed by atoms with Gasteiger partial charge in [0.15, 0.2) is 12.4 Å². The second-order valence-electron chi connectivity index (χ2n) is 6.63. The largest absolute Gasteiger partial charge is 0.485 e. The molecule has 0 heterocycles. The SMILES string of the molecule is CC(C)(C)C(=O)Nc1ccc(C(=O)COc2ccc(C#N)cc2)cc1. The van der Waals surface area contributed by atoms with Crippen LogP contribution in [0.4, 0.5) is 5.69 Å². The summed E-state index contributed by atoms with van der Waals surface area (Å²) in [6, 6.07) is 15.3. The highest BCUT2D eigenvalue weighted by Crippen LogP contribution is 2.18. The molecule has 2 rings (SSSR count). The molecule has 0 saturated carbocycles. The van der Waals surface area contributed by atoms with Gasteiger partial charge in [-0.3, -0.25) is 9.59 Å². The lowest BCUT2D eigenvalue weighted by Crippen LogP contribution is -2.27. The molecule has 5 heteroatoms. The number of hydrogen-bond donors (Lipinski definition) is 1. The minimum absolute atomic E-state index is 0.0873. The molecule has 0 aliphatic heterocycles. The summed E-state index contributed by atoms with van der Waals surface area (Å²) in [6.07, 6.45) is 0. The zero-order valence-electron chi connectivity index (χ0n) is 14.5. The molecule has 5 nitrogen and oxygen atoms in total. The number of nitrogens with zero attached hydrogens (tertiary/aromatic N) is 1. The lowest BCUT2D eigenvalue weighted by molar-refractivity contribution is -0.123. The third-order valence-electron chi connectivity index (χ3n) is 3.50. The van der Waals surface area contributed by atoms with Crippen molar-refractivity contribution in [2.45, 2.75) is 20.8 Å². The Morgan fingerprint density at radius 1 is 1.04 bits per heavy atom. The molecule has 0 spiro atoms. The maximum absolute atomic E-state index is 12.2. The van der Waals surface area contributed by atoms with Crippen molar-refractivity contribution in [1.82, 2.24) is 0 Å². The summed E-state index contributed by atoms with van der Waals surface area (Å²) in [7, 11) is 0. The highest BCUT2D eigenvalue weighted by atomic mass is 16.5. The van der Waals surface area contributed by atoms with E-state index in [1.165, 1.54) is 0 Å². The van der Waals surface area contributed by atoms with Crippen LogP contribution in [0.2, 0.25) is 0 Å². The maximum Gasteiger partial charge on any atom is 0.229 e. The fourth-order valence-electron chi connectivity index (χ4n) is 1.92. The predicted octanol–water partition coefficient (Wildman–Crippen LogP) is 3.80. The number of rotatable bonds is 5. The summed E-state index contributed by atoms with van der Waals surface area (Å²) in [5, 5.41) is 11.6. The molecule has 128 valence electrons. The van der Waals surface area contributed by atoms with Crippen molar-refractivity contribution in [3.63, 3.8) is 0 Å². The number of amides is 1. The summed E-state index contributed by atoms with van der Waals surface area (Å²) in [5.41, 5.74) is 1.20. The lowest BCUT2D eigenvalue weighted by Gasteiger charge is -2.17. The molecule has 25 heavy (non-hydrogen) atoms. The van der Waals surface area contributed by atoms with Gasteiger partial charge >= 0.3 is 0 Å². The first-order valence-electron chi connectivity index (χ1n) is 7.87. The van der Waals surface area contributed by atoms with E-state index in [4.69, 9.17) is 10.00 Å². The molecule has 1 amide bonds. The number of nitriles is 1. The van der Waals surface area contributed by atoms with Gasteiger partial charge in [-0.2, -0.15) is 5.26 Å². The van der Waals surface area contributed by atoms with E-state index in [0.29, 0.717) is 22.6 Å². The first kappa shape index (κ1) is 18.2. The minimum Gasteiger partial charge on any atom is -0.485 e. The van der Waals surface area contributed by atoms with Crippen LogP contribution in [0.3, 0.4) is 0 Å². The first-order chi connectivity index (χ1) is 11.8. The molecule has 0 fully saturated rings. The van der Waals surface area contributed by atoms with Crippen molar-refractivity contribution < 1.29 is 14.3 Å². The van der Waals surface area contributed by atoms with Gasteiger partial charge in [-0.25, -0.2) is 0 Å². The summed E-state index contributed by atoms with van der Waals surface area (Å²) in [5.74, 6) is 0.273. The van der Waals surface area contributed by atoms with Gasteiger partial charge < -0.3 is 10.1 Å². The van der Waals surface area contributed by atoms with Crippen molar-refractivity contribution in [2.24, 2.45) is 5.41 Å². The highest BCUT2D eigenvalue weighted by Gasteiger charge is 2.21. The van der Waals surface area contributed by atoms with Crippen molar-refractivity contribution in [3.8, 4) is 11.8 Å². The van der Waals surface area contributed by atoms with Gasteiger partial charge in [0.25, 0.3) is 0 Å². The van der Waals surface area contributed by atoms with Crippen LogP contribution in [-0.4, -0.2) is 18.3 Å². The number of hydrogen-bond acceptors (Lipinski definition) is 4. The third kappa shape index (κ3) is 5.18. The van der Waals surface area contributed by atoms with Crippen molar-refractivity contribution in [1.29, 1.82) is 5.26 Å². The van der Waals surface area contributed by atoms with Crippen LogP contribution < -0.4 is 10.1 Å². The molecule has 0 bridgehead atoms. The Kier molecular flexibility index (Phi) is 5.56. The van der Waals surface area contributed by atoms with Crippen molar-refractivity contribution in [3.05, 3.63) is 59.7 Å². The van der Waals surface area contributed by atoms with Gasteiger partial charge in [0.1, 0.15) is 5.75 Å². The number of Topliss-reactive ketones (excluding diaryl/α,β-unsaturated/α-hetero) is 1. The van der Waals surface area contributed by atoms with Gasteiger partial charge in [0, 0.05) is 16.7 Å². The number of ether oxygens (including phenoxy) is 1. The monoisotopic (exact) mass is 336 g/mol. The normalized spacial score (nSPS) is 10.6. The van der Waals surface area contributed by atoms with Crippen molar-refractivity contribution >= 4 is 17.4 Å². The van der Waals surface area contributed by atoms with Crippen LogP contribution in [0, 0.1) is 16.7 Å². The predicted molar refractivity (Wildman–Crippen MR) is 95.5 cm³/mol. The first-order valence-corrected chi connectivity index (χ1v) is 7.87. The molecule has 0 unspecified atom stereocenters. The molecule has 2 aromatic carbocycles. The second kappa shape index (κ2) is 7.63. The second-order valence-corrected chi connectivity index (χ2v) is 6.63. The fraction of sp³-hybridized carbons (Fsp3) is 0.250. The summed E-state index contributed by atoms with van der Waals surface area (Å²) < 4.78 is 5.43. The van der Waals surface area contributed by atoms with Crippen molar-refractivity contribution in [2.75, 3.05) is 11.9 Å². The standard InChI is InChI=1S/C20H20N2O3/c1-20(2,3)19(24)22-16-8-6-15(7-9-16)18(23)13-25-17-10-4-14(12-21)5-11-17/h4-11H,13H2,1-3H3,(H,22,24). The molecule has 0 radical (unpaired) electrons. The summed E-state index contributed by atoms with van der Waals surface area (Å²) in [6.45, 7) is 5.40. The Morgan fingerprint density at radius 2 is 1.64 bits per heavy atom. The Morgan fingerprint density at radius 3 is 2.16 bits per heavy atom. The minimum atomic E-state index is -0.483. The maximum atomic E-state index is 12.2. The zero-order chi connectivity index (χ0) is 18.4. The lowest BCUT2D eigenvalue weighted by atomic mass is 9.95. The Hall–Kier alpha value is -3.13. The van der Waals surface area contributed by atoms with Gasteiger partial charge in [-0.15, -0.1) is 0 Å². The molecule has 0 atom stereocenters. The molecule has 0 aromatic heterocycles. The molecule has 1 N–H and O–H groups in total. The molecule has 2 aromatic rings. The summed E-state index contributed by atoms with van der Waals surface area (Å²) in [4.78, 5) is 24.1. The average Bonchev–Trinajstić information content (AvgIpc) is 2.60. The molecule has 0 saturated heterocycles. The topological polar surface area (TPSA) is 79.2 Å². The Balaban J connectivity index is 1.93. The fourth-order valence-corrected chi connectivity index (χ4v) is 1.92. The van der Waals surface area contributed by atoms with Crippen LogP contribution in [0.25, 0.3) is 0 Å². The van der Waals surface area contributed by atoms with Crippen LogP contribution in [0.5, 0.6) is 5.75 Å². The van der Waals surface area contributed by atoms with E-state index in [-0.39, 0.29) is 18.3 Å². The number of carbonyl (C=O) groups excluding carboxylic acids is 2. The van der Waals surface area contributed by atoms with E-state index in [1.54, 1.807) is 48.5 Å². The smallest absolute Gasteiger partial charge is 0.229 e. The van der Waals surface area contributed by atoms with E-state index >= 15 is 0 Å². The number of benzene rings is 2. The van der Waals surface area contributed by atoms with Gasteiger partial charge in [0.05, 0.1) is 11.6 Å². The molecule has 0 aliphatic rings. The van der Waals surface area contributed by atoms with E-state index in [0.717, 1.165) is 0 Å². The molecule has 0 aliphatic carbocycles. The highest BCUT2D eigenvalue weighted by molar-refractivity contribution is 5.98. The van der Waals surface area contributed by atoms with E-state index < -0.39 is 5.41 Å².